The van der Waals surface area contributed by atoms with Crippen LogP contribution in [0, 0.1) is 5.82 Å². The van der Waals surface area contributed by atoms with Crippen molar-refractivity contribution in [3.05, 3.63) is 82.8 Å². The maximum Gasteiger partial charge on any atom is 0.164 e. The normalized spacial score (nSPS) is 14.1. The van der Waals surface area contributed by atoms with Gasteiger partial charge in [-0.1, -0.05) is 23.2 Å². The van der Waals surface area contributed by atoms with Gasteiger partial charge in [0.25, 0.3) is 0 Å². The zero-order chi connectivity index (χ0) is 23.7. The molecule has 12 heteroatoms. The lowest BCUT2D eigenvalue weighted by atomic mass is 10.2. The number of nitrogens with one attached hydrogen (secondary N) is 1. The molecule has 182 valence electrons. The standard InChI is InChI=1S/C23H17Cl2FN4O4.ClH/c1-31-21-4-15-19(27-12-28-23(15)29-20-6-17(25)16(24)5-18(20)26)7-22(21)34-11-14-8-30-2-3-32-9-13(30)10-33-14;/h2-9,12H,10-11H2,1H3,(H,27,28,29);1H. The van der Waals surface area contributed by atoms with Gasteiger partial charge >= 0.3 is 0 Å². The molecule has 1 N–H and O–H groups in total. The highest BCUT2D eigenvalue weighted by molar-refractivity contribution is 6.42. The minimum absolute atomic E-state index is 0. The van der Waals surface area contributed by atoms with E-state index in [1.807, 2.05) is 11.1 Å². The summed E-state index contributed by atoms with van der Waals surface area (Å²) in [6.45, 7) is 0.535. The molecule has 2 aromatic carbocycles. The molecule has 1 aromatic heterocycles. The highest BCUT2D eigenvalue weighted by Crippen LogP contribution is 2.36. The van der Waals surface area contributed by atoms with Crippen molar-refractivity contribution in [3.8, 4) is 11.5 Å². The van der Waals surface area contributed by atoms with Gasteiger partial charge in [-0.05, 0) is 18.2 Å². The highest BCUT2D eigenvalue weighted by atomic mass is 35.5. The van der Waals surface area contributed by atoms with Gasteiger partial charge in [-0.2, -0.15) is 0 Å². The topological polar surface area (TPSA) is 78.0 Å². The van der Waals surface area contributed by atoms with E-state index in [2.05, 4.69) is 15.3 Å². The second-order valence-corrected chi connectivity index (χ2v) is 8.04. The molecule has 0 amide bonds. The Balaban J connectivity index is 0.00000289. The maximum absolute atomic E-state index is 14.4. The SMILES string of the molecule is COc1cc2c(Nc3cc(Cl)c(Cl)cc3F)ncnc2cc1OCC1=CN2C=COC=C2CO1.Cl. The third-order valence-corrected chi connectivity index (χ3v) is 5.80. The molecule has 0 unspecified atom stereocenters. The van der Waals surface area contributed by atoms with Crippen LogP contribution in [0.25, 0.3) is 10.9 Å². The number of nitrogens with zero attached hydrogens (tertiary/aromatic N) is 3. The van der Waals surface area contributed by atoms with Crippen molar-refractivity contribution >= 4 is 58.0 Å². The summed E-state index contributed by atoms with van der Waals surface area (Å²) in [4.78, 5) is 10.4. The monoisotopic (exact) mass is 538 g/mol. The summed E-state index contributed by atoms with van der Waals surface area (Å²) in [5, 5.41) is 3.87. The fourth-order valence-corrected chi connectivity index (χ4v) is 3.69. The summed E-state index contributed by atoms with van der Waals surface area (Å²) in [6, 6.07) is 5.96. The molecule has 5 rings (SSSR count). The van der Waals surface area contributed by atoms with E-state index >= 15 is 0 Å². The van der Waals surface area contributed by atoms with E-state index in [1.165, 1.54) is 19.5 Å². The largest absolute Gasteiger partial charge is 0.493 e. The van der Waals surface area contributed by atoms with Gasteiger partial charge in [-0.25, -0.2) is 14.4 Å². The van der Waals surface area contributed by atoms with Crippen LogP contribution in [-0.2, 0) is 9.47 Å². The number of fused-ring (bicyclic) bond motifs is 2. The second kappa shape index (κ2) is 10.5. The fourth-order valence-electron chi connectivity index (χ4n) is 3.38. The third-order valence-electron chi connectivity index (χ3n) is 5.08. The Kier molecular flexibility index (Phi) is 7.39. The predicted octanol–water partition coefficient (Wildman–Crippen LogP) is 6.14. The van der Waals surface area contributed by atoms with E-state index in [1.54, 1.807) is 30.9 Å². The van der Waals surface area contributed by atoms with E-state index in [-0.39, 0.29) is 34.7 Å². The lowest BCUT2D eigenvalue weighted by Crippen LogP contribution is -2.24. The van der Waals surface area contributed by atoms with Crippen LogP contribution >= 0.6 is 35.6 Å². The van der Waals surface area contributed by atoms with Crippen LogP contribution in [0.5, 0.6) is 11.5 Å². The summed E-state index contributed by atoms with van der Waals surface area (Å²) in [6.07, 6.45) is 8.16. The van der Waals surface area contributed by atoms with Crippen LogP contribution in [0.2, 0.25) is 10.0 Å². The third kappa shape index (κ3) is 5.17. The number of rotatable bonds is 6. The van der Waals surface area contributed by atoms with Crippen molar-refractivity contribution in [3.63, 3.8) is 0 Å². The quantitative estimate of drug-likeness (QED) is 0.374. The number of anilines is 2. The maximum atomic E-state index is 14.4. The predicted molar refractivity (Wildman–Crippen MR) is 133 cm³/mol. The van der Waals surface area contributed by atoms with Gasteiger partial charge in [0.2, 0.25) is 0 Å². The van der Waals surface area contributed by atoms with E-state index in [0.717, 1.165) is 11.8 Å². The van der Waals surface area contributed by atoms with Gasteiger partial charge in [0, 0.05) is 17.7 Å². The van der Waals surface area contributed by atoms with E-state index in [4.69, 9.17) is 42.1 Å². The summed E-state index contributed by atoms with van der Waals surface area (Å²) < 4.78 is 36.7. The first-order chi connectivity index (χ1) is 16.5. The van der Waals surface area contributed by atoms with E-state index in [0.29, 0.717) is 40.6 Å². The van der Waals surface area contributed by atoms with E-state index < -0.39 is 5.82 Å². The first kappa shape index (κ1) is 24.7. The Labute approximate surface area is 216 Å². The lowest BCUT2D eigenvalue weighted by Gasteiger charge is -2.28. The summed E-state index contributed by atoms with van der Waals surface area (Å²) >= 11 is 11.9. The van der Waals surface area contributed by atoms with Crippen LogP contribution in [-0.4, -0.2) is 35.2 Å². The van der Waals surface area contributed by atoms with Crippen LogP contribution < -0.4 is 14.8 Å². The minimum Gasteiger partial charge on any atom is -0.493 e. The molecule has 0 atom stereocenters. The summed E-state index contributed by atoms with van der Waals surface area (Å²) in [7, 11) is 1.52. The van der Waals surface area contributed by atoms with E-state index in [9.17, 15) is 4.39 Å². The van der Waals surface area contributed by atoms with Crippen molar-refractivity contribution in [1.82, 2.24) is 14.9 Å². The van der Waals surface area contributed by atoms with Gasteiger partial charge in [-0.15, -0.1) is 12.4 Å². The number of hydrogen-bond acceptors (Lipinski definition) is 8. The Bertz CT molecular complexity index is 1370. The van der Waals surface area contributed by atoms with Crippen molar-refractivity contribution in [2.24, 2.45) is 0 Å². The smallest absolute Gasteiger partial charge is 0.164 e. The number of ether oxygens (including phenoxy) is 4. The lowest BCUT2D eigenvalue weighted by molar-refractivity contribution is 0.146. The summed E-state index contributed by atoms with van der Waals surface area (Å²) in [5.41, 5.74) is 1.57. The molecule has 0 radical (unpaired) electrons. The van der Waals surface area contributed by atoms with Gasteiger partial charge in [0.1, 0.15) is 43.7 Å². The van der Waals surface area contributed by atoms with Crippen LogP contribution in [0.4, 0.5) is 15.9 Å². The van der Waals surface area contributed by atoms with Crippen LogP contribution in [0.1, 0.15) is 0 Å². The Hall–Kier alpha value is -3.40. The molecular weight excluding hydrogens is 522 g/mol. The van der Waals surface area contributed by atoms with Crippen molar-refractivity contribution in [2.45, 2.75) is 0 Å². The molecule has 0 spiro atoms. The Morgan fingerprint density at radius 3 is 2.80 bits per heavy atom. The number of aromatic nitrogens is 2. The van der Waals surface area contributed by atoms with Crippen molar-refractivity contribution in [2.75, 3.05) is 25.6 Å². The van der Waals surface area contributed by atoms with Crippen LogP contribution in [0.15, 0.2) is 67.0 Å². The summed E-state index contributed by atoms with van der Waals surface area (Å²) in [5.74, 6) is 1.34. The molecule has 8 nitrogen and oxygen atoms in total. The molecule has 3 aromatic rings. The van der Waals surface area contributed by atoms with Crippen molar-refractivity contribution < 1.29 is 23.3 Å². The second-order valence-electron chi connectivity index (χ2n) is 7.22. The minimum atomic E-state index is -0.568. The molecule has 0 aliphatic carbocycles. The first-order valence-electron chi connectivity index (χ1n) is 10.0. The van der Waals surface area contributed by atoms with Gasteiger partial charge < -0.3 is 29.2 Å². The molecule has 0 bridgehead atoms. The average Bonchev–Trinajstić information content (AvgIpc) is 2.85. The van der Waals surface area contributed by atoms with Gasteiger partial charge in [0.05, 0.1) is 40.3 Å². The van der Waals surface area contributed by atoms with Gasteiger partial charge in [0.15, 0.2) is 17.3 Å². The molecule has 2 aliphatic heterocycles. The zero-order valence-electron chi connectivity index (χ0n) is 18.1. The highest BCUT2D eigenvalue weighted by Gasteiger charge is 2.19. The molecule has 0 saturated carbocycles. The number of hydrogen-bond donors (Lipinski definition) is 1. The molecular formula is C23H18Cl3FN4O4. The van der Waals surface area contributed by atoms with Gasteiger partial charge in [-0.3, -0.25) is 0 Å². The van der Waals surface area contributed by atoms with Crippen LogP contribution in [0.3, 0.4) is 0 Å². The average molecular weight is 540 g/mol. The Morgan fingerprint density at radius 1 is 1.14 bits per heavy atom. The number of benzene rings is 2. The number of methoxy groups -OCH3 is 1. The number of halogens is 4. The molecule has 0 saturated heterocycles. The molecule has 3 heterocycles. The van der Waals surface area contributed by atoms with Crippen molar-refractivity contribution in [1.29, 1.82) is 0 Å². The first-order valence-corrected chi connectivity index (χ1v) is 10.8. The fraction of sp³-hybridized carbons (Fsp3) is 0.130. The molecule has 2 aliphatic rings. The molecule has 0 fully saturated rings. The Morgan fingerprint density at radius 2 is 1.97 bits per heavy atom. The molecule has 35 heavy (non-hydrogen) atoms. The zero-order valence-corrected chi connectivity index (χ0v) is 20.5.